The average Bonchev–Trinajstić information content (AvgIpc) is 3.35. The third-order valence-electron chi connectivity index (χ3n) is 9.94. The Morgan fingerprint density at radius 1 is 0.800 bits per heavy atom. The van der Waals surface area contributed by atoms with E-state index in [4.69, 9.17) is 0 Å². The van der Waals surface area contributed by atoms with Crippen molar-refractivity contribution in [2.24, 2.45) is 17.8 Å². The zero-order valence-corrected chi connectivity index (χ0v) is 20.9. The minimum Gasteiger partial charge on any atom is -0.481 e. The molecular formula is C29H41N3O3. The molecule has 0 spiro atoms. The first kappa shape index (κ1) is 23.3. The number of piperidine rings is 2. The summed E-state index contributed by atoms with van der Waals surface area (Å²) in [5.74, 6) is 0.645. The summed E-state index contributed by atoms with van der Waals surface area (Å²) in [7, 11) is 0. The van der Waals surface area contributed by atoms with Crippen LogP contribution in [0.1, 0.15) is 77.0 Å². The fourth-order valence-corrected chi connectivity index (χ4v) is 8.49. The molecule has 6 nitrogen and oxygen atoms in total. The van der Waals surface area contributed by atoms with E-state index in [1.165, 1.54) is 57.8 Å². The van der Waals surface area contributed by atoms with Crippen LogP contribution in [0.15, 0.2) is 30.3 Å². The zero-order valence-electron chi connectivity index (χ0n) is 20.9. The molecule has 2 aliphatic carbocycles. The SMILES string of the molecule is O=C(O)[C@@H]1CCN(C(=O)N(c2ccccc2)C2C[C@H]3CCC[C@@H](C2)N3C2C[C@H]3CCC[C@@H](C2)C3)C1. The molecule has 35 heavy (non-hydrogen) atoms. The van der Waals surface area contributed by atoms with Crippen molar-refractivity contribution < 1.29 is 14.7 Å². The number of carboxylic acids is 1. The second-order valence-electron chi connectivity index (χ2n) is 12.1. The van der Waals surface area contributed by atoms with Crippen LogP contribution in [0.25, 0.3) is 0 Å². The van der Waals surface area contributed by atoms with E-state index in [9.17, 15) is 14.7 Å². The van der Waals surface area contributed by atoms with E-state index < -0.39 is 11.9 Å². The van der Waals surface area contributed by atoms with Gasteiger partial charge in [0.05, 0.1) is 5.92 Å². The van der Waals surface area contributed by atoms with Crippen molar-refractivity contribution in [3.63, 3.8) is 0 Å². The Morgan fingerprint density at radius 3 is 2.09 bits per heavy atom. The summed E-state index contributed by atoms with van der Waals surface area (Å²) in [5.41, 5.74) is 0.958. The van der Waals surface area contributed by atoms with Gasteiger partial charge in [-0.25, -0.2) is 4.79 Å². The molecule has 7 atom stereocenters. The number of urea groups is 1. The summed E-state index contributed by atoms with van der Waals surface area (Å²) in [6.07, 6.45) is 15.0. The Bertz CT molecular complexity index is 897. The molecular weight excluding hydrogens is 438 g/mol. The lowest BCUT2D eigenvalue weighted by Gasteiger charge is -2.56. The zero-order chi connectivity index (χ0) is 23.9. The van der Waals surface area contributed by atoms with E-state index in [1.807, 2.05) is 35.2 Å². The predicted molar refractivity (Wildman–Crippen MR) is 136 cm³/mol. The van der Waals surface area contributed by atoms with Gasteiger partial charge >= 0.3 is 12.0 Å². The Hall–Kier alpha value is -2.08. The third kappa shape index (κ3) is 4.59. The van der Waals surface area contributed by atoms with Gasteiger partial charge in [0.1, 0.15) is 0 Å². The highest BCUT2D eigenvalue weighted by Gasteiger charge is 2.47. The fraction of sp³-hybridized carbons (Fsp3) is 0.724. The van der Waals surface area contributed by atoms with Crippen LogP contribution in [0.2, 0.25) is 0 Å². The van der Waals surface area contributed by atoms with Gasteiger partial charge in [-0.1, -0.05) is 43.9 Å². The fourth-order valence-electron chi connectivity index (χ4n) is 8.49. The number of benzene rings is 1. The van der Waals surface area contributed by atoms with Crippen molar-refractivity contribution in [2.45, 2.75) is 101 Å². The number of rotatable bonds is 4. The van der Waals surface area contributed by atoms with Crippen molar-refractivity contribution in [2.75, 3.05) is 18.0 Å². The molecule has 0 radical (unpaired) electrons. The van der Waals surface area contributed by atoms with E-state index in [1.54, 1.807) is 4.90 Å². The Labute approximate surface area is 209 Å². The molecule has 1 aromatic rings. The van der Waals surface area contributed by atoms with Gasteiger partial charge in [-0.15, -0.1) is 0 Å². The van der Waals surface area contributed by atoms with Crippen LogP contribution in [0.4, 0.5) is 10.5 Å². The van der Waals surface area contributed by atoms with Crippen LogP contribution in [-0.4, -0.2) is 64.2 Å². The first-order chi connectivity index (χ1) is 17.1. The molecule has 0 aromatic heterocycles. The van der Waals surface area contributed by atoms with Gasteiger partial charge in [-0.3, -0.25) is 14.6 Å². The Balaban J connectivity index is 1.23. The standard InChI is InChI=1S/C29H41N3O3/c33-28(34)22-12-13-30(19-22)29(35)32(23-8-2-1-3-9-23)27-17-24-10-5-11-25(18-27)31(24)26-15-20-6-4-7-21(14-20)16-26/h1-3,8-9,20-22,24-27H,4-7,10-19H2,(H,33,34)/t20-,21+,22-,24-,25+,26?,27?/m1/s1. The summed E-state index contributed by atoms with van der Waals surface area (Å²) in [4.78, 5) is 32.2. The maximum atomic E-state index is 13.9. The number of amides is 2. The maximum absolute atomic E-state index is 13.9. The number of aliphatic carboxylic acids is 1. The van der Waals surface area contributed by atoms with Crippen LogP contribution in [0.5, 0.6) is 0 Å². The number of anilines is 1. The van der Waals surface area contributed by atoms with Crippen molar-refractivity contribution in [1.29, 1.82) is 0 Å². The molecule has 4 bridgehead atoms. The van der Waals surface area contributed by atoms with Crippen LogP contribution >= 0.6 is 0 Å². The summed E-state index contributed by atoms with van der Waals surface area (Å²) in [6.45, 7) is 0.865. The highest BCUT2D eigenvalue weighted by molar-refractivity contribution is 5.93. The number of hydrogen-bond donors (Lipinski definition) is 1. The monoisotopic (exact) mass is 479 g/mol. The minimum absolute atomic E-state index is 0.00340. The third-order valence-corrected chi connectivity index (χ3v) is 9.94. The first-order valence-electron chi connectivity index (χ1n) is 14.2. The molecule has 3 aliphatic heterocycles. The quantitative estimate of drug-likeness (QED) is 0.630. The van der Waals surface area contributed by atoms with Crippen molar-refractivity contribution in [3.05, 3.63) is 30.3 Å². The number of nitrogens with zero attached hydrogens (tertiary/aromatic N) is 3. The van der Waals surface area contributed by atoms with Crippen LogP contribution in [-0.2, 0) is 4.79 Å². The Morgan fingerprint density at radius 2 is 1.46 bits per heavy atom. The molecule has 5 aliphatic rings. The smallest absolute Gasteiger partial charge is 0.324 e. The molecule has 2 unspecified atom stereocenters. The normalized spacial score (nSPS) is 37.1. The number of hydrogen-bond acceptors (Lipinski definition) is 3. The molecule has 3 heterocycles. The Kier molecular flexibility index (Phi) is 6.50. The molecule has 6 rings (SSSR count). The molecule has 1 aromatic carbocycles. The van der Waals surface area contributed by atoms with Gasteiger partial charge in [0.15, 0.2) is 0 Å². The first-order valence-corrected chi connectivity index (χ1v) is 14.2. The van der Waals surface area contributed by atoms with E-state index in [2.05, 4.69) is 4.90 Å². The van der Waals surface area contributed by atoms with E-state index in [-0.39, 0.29) is 12.1 Å². The second-order valence-corrected chi connectivity index (χ2v) is 12.1. The van der Waals surface area contributed by atoms with Gasteiger partial charge in [-0.05, 0) is 75.3 Å². The van der Waals surface area contributed by atoms with Gasteiger partial charge in [0, 0.05) is 42.9 Å². The van der Waals surface area contributed by atoms with Crippen LogP contribution in [0.3, 0.4) is 0 Å². The maximum Gasteiger partial charge on any atom is 0.324 e. The molecule has 2 saturated carbocycles. The number of likely N-dealkylation sites (tertiary alicyclic amines) is 1. The minimum atomic E-state index is -0.786. The molecule has 2 amide bonds. The predicted octanol–water partition coefficient (Wildman–Crippen LogP) is 5.37. The largest absolute Gasteiger partial charge is 0.481 e. The van der Waals surface area contributed by atoms with Gasteiger partial charge in [0.25, 0.3) is 0 Å². The number of fused-ring (bicyclic) bond motifs is 4. The second kappa shape index (κ2) is 9.76. The number of carboxylic acid groups (broad SMARTS) is 1. The number of carbonyl (C=O) groups is 2. The average molecular weight is 480 g/mol. The molecule has 6 heteroatoms. The molecule has 1 N–H and O–H groups in total. The lowest BCUT2D eigenvalue weighted by atomic mass is 9.68. The lowest BCUT2D eigenvalue weighted by molar-refractivity contribution is -0.141. The summed E-state index contributed by atoms with van der Waals surface area (Å²) < 4.78 is 0. The molecule has 3 saturated heterocycles. The molecule has 5 fully saturated rings. The van der Waals surface area contributed by atoms with Crippen LogP contribution in [0, 0.1) is 17.8 Å². The van der Waals surface area contributed by atoms with Gasteiger partial charge < -0.3 is 10.0 Å². The summed E-state index contributed by atoms with van der Waals surface area (Å²) in [6, 6.07) is 12.2. The van der Waals surface area contributed by atoms with Crippen LogP contribution < -0.4 is 4.90 Å². The van der Waals surface area contributed by atoms with Crippen molar-refractivity contribution >= 4 is 17.7 Å². The van der Waals surface area contributed by atoms with E-state index in [0.717, 1.165) is 36.4 Å². The number of carbonyl (C=O) groups excluding carboxylic acids is 1. The molecule has 190 valence electrons. The van der Waals surface area contributed by atoms with E-state index >= 15 is 0 Å². The highest BCUT2D eigenvalue weighted by Crippen LogP contribution is 2.46. The number of para-hydroxylation sites is 1. The summed E-state index contributed by atoms with van der Waals surface area (Å²) in [5, 5.41) is 9.48. The van der Waals surface area contributed by atoms with Crippen molar-refractivity contribution in [3.8, 4) is 0 Å². The highest BCUT2D eigenvalue weighted by atomic mass is 16.4. The van der Waals surface area contributed by atoms with Crippen molar-refractivity contribution in [1.82, 2.24) is 9.80 Å². The van der Waals surface area contributed by atoms with Gasteiger partial charge in [-0.2, -0.15) is 0 Å². The lowest BCUT2D eigenvalue weighted by Crippen LogP contribution is -2.62. The summed E-state index contributed by atoms with van der Waals surface area (Å²) >= 11 is 0. The topological polar surface area (TPSA) is 64.1 Å². The van der Waals surface area contributed by atoms with Gasteiger partial charge in [0.2, 0.25) is 0 Å². The van der Waals surface area contributed by atoms with E-state index in [0.29, 0.717) is 31.6 Å².